The molecule has 0 bridgehead atoms. The zero-order valence-corrected chi connectivity index (χ0v) is 13.1. The summed E-state index contributed by atoms with van der Waals surface area (Å²) >= 11 is 0. The number of hydrogen-bond donors (Lipinski definition) is 1. The molecular formula is C15H19F3N2O3. The van der Waals surface area contributed by atoms with Gasteiger partial charge in [0.25, 0.3) is 0 Å². The second-order valence-electron chi connectivity index (χ2n) is 6.46. The van der Waals surface area contributed by atoms with Crippen LogP contribution in [0.1, 0.15) is 39.2 Å². The van der Waals surface area contributed by atoms with Crippen molar-refractivity contribution in [3.8, 4) is 5.75 Å². The zero-order valence-electron chi connectivity index (χ0n) is 13.1. The number of hydrogen-bond acceptors (Lipinski definition) is 4. The molecule has 1 fully saturated rings. The Balaban J connectivity index is 1.79. The Hall–Kier alpha value is -1.99. The van der Waals surface area contributed by atoms with Gasteiger partial charge < -0.3 is 14.8 Å². The van der Waals surface area contributed by atoms with Crippen molar-refractivity contribution >= 4 is 6.09 Å². The van der Waals surface area contributed by atoms with Gasteiger partial charge in [0.15, 0.2) is 0 Å². The van der Waals surface area contributed by atoms with Gasteiger partial charge in [-0.05, 0) is 26.8 Å². The third kappa shape index (κ3) is 5.30. The molecule has 0 saturated heterocycles. The van der Waals surface area contributed by atoms with Gasteiger partial charge in [0.2, 0.25) is 0 Å². The van der Waals surface area contributed by atoms with Gasteiger partial charge in [-0.25, -0.2) is 4.79 Å². The van der Waals surface area contributed by atoms with E-state index in [0.29, 0.717) is 12.8 Å². The van der Waals surface area contributed by atoms with Crippen LogP contribution in [-0.2, 0) is 10.9 Å². The molecule has 0 unspecified atom stereocenters. The van der Waals surface area contributed by atoms with Crippen molar-refractivity contribution in [2.45, 2.75) is 57.5 Å². The molecule has 5 nitrogen and oxygen atoms in total. The first-order chi connectivity index (χ1) is 10.5. The summed E-state index contributed by atoms with van der Waals surface area (Å²) in [6.45, 7) is 5.29. The molecule has 0 atom stereocenters. The van der Waals surface area contributed by atoms with E-state index in [9.17, 15) is 18.0 Å². The number of halogens is 3. The number of aromatic nitrogens is 1. The summed E-state index contributed by atoms with van der Waals surface area (Å²) < 4.78 is 48.3. The summed E-state index contributed by atoms with van der Waals surface area (Å²) in [6.07, 6.45) is -2.20. The Labute approximate surface area is 132 Å². The predicted molar refractivity (Wildman–Crippen MR) is 76.0 cm³/mol. The van der Waals surface area contributed by atoms with Gasteiger partial charge >= 0.3 is 12.3 Å². The fraction of sp³-hybridized carbons (Fsp3) is 0.600. The number of ether oxygens (including phenoxy) is 2. The number of amides is 1. The minimum absolute atomic E-state index is 0.0699. The Morgan fingerprint density at radius 3 is 2.48 bits per heavy atom. The van der Waals surface area contributed by atoms with Crippen LogP contribution in [0.15, 0.2) is 18.5 Å². The second-order valence-corrected chi connectivity index (χ2v) is 6.46. The molecule has 1 heterocycles. The van der Waals surface area contributed by atoms with Crippen molar-refractivity contribution in [1.29, 1.82) is 0 Å². The predicted octanol–water partition coefficient (Wildman–Crippen LogP) is 3.53. The fourth-order valence-corrected chi connectivity index (χ4v) is 2.08. The first-order valence-electron chi connectivity index (χ1n) is 7.21. The van der Waals surface area contributed by atoms with Gasteiger partial charge in [0.05, 0.1) is 11.8 Å². The molecule has 0 spiro atoms. The molecule has 8 heteroatoms. The van der Waals surface area contributed by atoms with E-state index in [0.717, 1.165) is 12.3 Å². The molecule has 0 aromatic carbocycles. The normalized spacial score (nSPS) is 21.3. The van der Waals surface area contributed by atoms with Crippen LogP contribution in [-0.4, -0.2) is 28.8 Å². The van der Waals surface area contributed by atoms with Crippen LogP contribution < -0.4 is 10.1 Å². The standard InChI is InChI=1S/C15H19F3N2O3/c1-14(2,3)23-13(21)20-10-5-11(6-10)22-12-4-9(7-19-8-12)15(16,17)18/h4,7-8,10-11H,5-6H2,1-3H3,(H,20,21). The highest BCUT2D eigenvalue weighted by Gasteiger charge is 2.35. The van der Waals surface area contributed by atoms with Crippen LogP contribution in [0.4, 0.5) is 18.0 Å². The molecule has 1 aliphatic carbocycles. The Morgan fingerprint density at radius 1 is 1.26 bits per heavy atom. The molecule has 1 aliphatic rings. The van der Waals surface area contributed by atoms with Crippen molar-refractivity contribution in [3.05, 3.63) is 24.0 Å². The lowest BCUT2D eigenvalue weighted by Gasteiger charge is -2.36. The zero-order chi connectivity index (χ0) is 17.3. The highest BCUT2D eigenvalue weighted by Crippen LogP contribution is 2.32. The average Bonchev–Trinajstić information content (AvgIpc) is 2.33. The molecule has 0 radical (unpaired) electrons. The number of nitrogens with one attached hydrogen (secondary N) is 1. The molecule has 1 aromatic heterocycles. The summed E-state index contributed by atoms with van der Waals surface area (Å²) in [5.41, 5.74) is -1.43. The SMILES string of the molecule is CC(C)(C)OC(=O)NC1CC(Oc2cncc(C(F)(F)F)c2)C1. The molecule has 1 aromatic rings. The van der Waals surface area contributed by atoms with E-state index >= 15 is 0 Å². The lowest BCUT2D eigenvalue weighted by molar-refractivity contribution is -0.138. The van der Waals surface area contributed by atoms with Gasteiger partial charge in [-0.1, -0.05) is 0 Å². The number of rotatable bonds is 3. The molecule has 0 aliphatic heterocycles. The number of pyridine rings is 1. The highest BCUT2D eigenvalue weighted by atomic mass is 19.4. The van der Waals surface area contributed by atoms with E-state index in [1.807, 2.05) is 0 Å². The maximum Gasteiger partial charge on any atom is 0.418 e. The van der Waals surface area contributed by atoms with Gasteiger partial charge in [0, 0.05) is 25.1 Å². The van der Waals surface area contributed by atoms with Crippen molar-refractivity contribution in [2.24, 2.45) is 0 Å². The highest BCUT2D eigenvalue weighted by molar-refractivity contribution is 5.68. The number of carbonyl (C=O) groups excluding carboxylic acids is 1. The molecule has 1 N–H and O–H groups in total. The molecule has 2 rings (SSSR count). The summed E-state index contributed by atoms with van der Waals surface area (Å²) in [7, 11) is 0. The van der Waals surface area contributed by atoms with E-state index in [1.54, 1.807) is 20.8 Å². The van der Waals surface area contributed by atoms with E-state index in [4.69, 9.17) is 9.47 Å². The fourth-order valence-electron chi connectivity index (χ4n) is 2.08. The quantitative estimate of drug-likeness (QED) is 0.920. The molecule has 1 saturated carbocycles. The maximum atomic E-state index is 12.6. The van der Waals surface area contributed by atoms with Crippen LogP contribution in [0.2, 0.25) is 0 Å². The van der Waals surface area contributed by atoms with Gasteiger partial charge in [0.1, 0.15) is 17.5 Å². The van der Waals surface area contributed by atoms with Crippen molar-refractivity contribution in [2.75, 3.05) is 0 Å². The Morgan fingerprint density at radius 2 is 1.91 bits per heavy atom. The van der Waals surface area contributed by atoms with Crippen molar-refractivity contribution in [1.82, 2.24) is 10.3 Å². The third-order valence-electron chi connectivity index (χ3n) is 3.16. The van der Waals surface area contributed by atoms with Gasteiger partial charge in [-0.2, -0.15) is 13.2 Å². The van der Waals surface area contributed by atoms with E-state index in [1.165, 1.54) is 6.20 Å². The summed E-state index contributed by atoms with van der Waals surface area (Å²) in [5, 5.41) is 2.69. The smallest absolute Gasteiger partial charge is 0.418 e. The topological polar surface area (TPSA) is 60.5 Å². The molecule has 1 amide bonds. The van der Waals surface area contributed by atoms with Crippen molar-refractivity contribution in [3.63, 3.8) is 0 Å². The van der Waals surface area contributed by atoms with Gasteiger partial charge in [-0.15, -0.1) is 0 Å². The maximum absolute atomic E-state index is 12.6. The first-order valence-corrected chi connectivity index (χ1v) is 7.21. The summed E-state index contributed by atoms with van der Waals surface area (Å²) in [6, 6.07) is 0.815. The van der Waals surface area contributed by atoms with E-state index in [-0.39, 0.29) is 17.9 Å². The van der Waals surface area contributed by atoms with E-state index in [2.05, 4.69) is 10.3 Å². The number of carbonyl (C=O) groups is 1. The summed E-state index contributed by atoms with van der Waals surface area (Å²) in [4.78, 5) is 15.1. The van der Waals surface area contributed by atoms with Crippen LogP contribution in [0, 0.1) is 0 Å². The lowest BCUT2D eigenvalue weighted by atomic mass is 9.89. The molecule has 23 heavy (non-hydrogen) atoms. The largest absolute Gasteiger partial charge is 0.489 e. The van der Waals surface area contributed by atoms with Crippen LogP contribution in [0.25, 0.3) is 0 Å². The van der Waals surface area contributed by atoms with Gasteiger partial charge in [-0.3, -0.25) is 4.98 Å². The number of alkyl halides is 3. The minimum Gasteiger partial charge on any atom is -0.489 e. The Bertz CT molecular complexity index is 564. The average molecular weight is 332 g/mol. The van der Waals surface area contributed by atoms with Crippen LogP contribution >= 0.6 is 0 Å². The minimum atomic E-state index is -4.45. The van der Waals surface area contributed by atoms with Crippen LogP contribution in [0.5, 0.6) is 5.75 Å². The second kappa shape index (κ2) is 6.25. The first kappa shape index (κ1) is 17.4. The lowest BCUT2D eigenvalue weighted by Crippen LogP contribution is -2.50. The van der Waals surface area contributed by atoms with E-state index < -0.39 is 23.4 Å². The Kier molecular flexibility index (Phi) is 4.72. The molecule has 128 valence electrons. The van der Waals surface area contributed by atoms with Crippen molar-refractivity contribution < 1.29 is 27.4 Å². The van der Waals surface area contributed by atoms with Crippen LogP contribution in [0.3, 0.4) is 0 Å². The number of nitrogens with zero attached hydrogens (tertiary/aromatic N) is 1. The number of alkyl carbamates (subject to hydrolysis) is 1. The summed E-state index contributed by atoms with van der Waals surface area (Å²) in [5.74, 6) is 0.0699. The molecular weight excluding hydrogens is 313 g/mol. The third-order valence-corrected chi connectivity index (χ3v) is 3.16. The monoisotopic (exact) mass is 332 g/mol.